The third-order valence-corrected chi connectivity index (χ3v) is 5.58. The van der Waals surface area contributed by atoms with E-state index in [9.17, 15) is 4.79 Å². The Labute approximate surface area is 174 Å². The Hall–Kier alpha value is -1.87. The molecule has 28 heavy (non-hydrogen) atoms. The van der Waals surface area contributed by atoms with Crippen LogP contribution in [0, 0.1) is 0 Å². The topological polar surface area (TPSA) is 76.6 Å². The van der Waals surface area contributed by atoms with Crippen LogP contribution in [0.25, 0.3) is 0 Å². The number of hydrogen-bond donors (Lipinski definition) is 0. The largest absolute Gasteiger partial charge is 0.480 e. The monoisotopic (exact) mass is 453 g/mol. The second-order valence-corrected chi connectivity index (χ2v) is 8.88. The van der Waals surface area contributed by atoms with E-state index in [2.05, 4.69) is 51.7 Å². The lowest BCUT2D eigenvalue weighted by atomic mass is 9.94. The van der Waals surface area contributed by atoms with Gasteiger partial charge in [-0.2, -0.15) is 5.10 Å². The molecule has 1 amide bonds. The first-order valence-electron chi connectivity index (χ1n) is 9.44. The summed E-state index contributed by atoms with van der Waals surface area (Å²) in [5.74, 6) is 2.07. The molecule has 0 bridgehead atoms. The molecule has 2 aromatic heterocycles. The normalized spacial score (nSPS) is 16.3. The Balaban J connectivity index is 1.63. The number of hydrogen-bond acceptors (Lipinski definition) is 6. The molecule has 9 heteroatoms. The number of ether oxygens (including phenoxy) is 1. The van der Waals surface area contributed by atoms with Crippen LogP contribution in [0.3, 0.4) is 0 Å². The van der Waals surface area contributed by atoms with Gasteiger partial charge in [-0.05, 0) is 22.4 Å². The zero-order valence-electron chi connectivity index (χ0n) is 17.2. The van der Waals surface area contributed by atoms with Gasteiger partial charge in [0.25, 0.3) is 5.91 Å². The van der Waals surface area contributed by atoms with Crippen molar-refractivity contribution in [3.05, 3.63) is 28.0 Å². The molecule has 8 nitrogen and oxygen atoms in total. The van der Waals surface area contributed by atoms with E-state index in [-0.39, 0.29) is 11.3 Å². The summed E-state index contributed by atoms with van der Waals surface area (Å²) in [6, 6.07) is 0. The van der Waals surface area contributed by atoms with Gasteiger partial charge in [0.15, 0.2) is 5.69 Å². The van der Waals surface area contributed by atoms with Crippen molar-refractivity contribution in [3.8, 4) is 5.88 Å². The molecule has 3 heterocycles. The Morgan fingerprint density at radius 2 is 2.04 bits per heavy atom. The van der Waals surface area contributed by atoms with Gasteiger partial charge in [0, 0.05) is 38.6 Å². The van der Waals surface area contributed by atoms with Crippen molar-refractivity contribution in [2.75, 3.05) is 33.3 Å². The standard InChI is InChI=1S/C19H28BrN5O3/c1-19(2,3)13-11-21-14(28-13)12-24-7-6-8-25(10-9-24)17(26)16-15(20)18(27-5)23(4)22-16/h11H,6-10,12H2,1-5H3. The summed E-state index contributed by atoms with van der Waals surface area (Å²) in [6.45, 7) is 9.96. The third-order valence-electron chi connectivity index (χ3n) is 4.86. The molecule has 0 N–H and O–H groups in total. The Morgan fingerprint density at radius 1 is 1.29 bits per heavy atom. The highest BCUT2D eigenvalue weighted by atomic mass is 79.9. The fourth-order valence-electron chi connectivity index (χ4n) is 3.24. The first-order chi connectivity index (χ1) is 13.2. The predicted molar refractivity (Wildman–Crippen MR) is 108 cm³/mol. The van der Waals surface area contributed by atoms with Gasteiger partial charge in [-0.25, -0.2) is 9.67 Å². The van der Waals surface area contributed by atoms with Crippen molar-refractivity contribution in [3.63, 3.8) is 0 Å². The summed E-state index contributed by atoms with van der Waals surface area (Å²) in [4.78, 5) is 21.5. The fourth-order valence-corrected chi connectivity index (χ4v) is 3.91. The number of nitrogens with zero attached hydrogens (tertiary/aromatic N) is 5. The Morgan fingerprint density at radius 3 is 2.64 bits per heavy atom. The van der Waals surface area contributed by atoms with E-state index < -0.39 is 0 Å². The number of aryl methyl sites for hydroxylation is 1. The zero-order valence-corrected chi connectivity index (χ0v) is 18.7. The predicted octanol–water partition coefficient (Wildman–Crippen LogP) is 2.82. The molecule has 1 fully saturated rings. The number of halogens is 1. The molecule has 0 aliphatic carbocycles. The number of rotatable bonds is 4. The van der Waals surface area contributed by atoms with Gasteiger partial charge in [-0.1, -0.05) is 20.8 Å². The van der Waals surface area contributed by atoms with Gasteiger partial charge in [0.2, 0.25) is 11.8 Å². The molecule has 0 unspecified atom stereocenters. The minimum absolute atomic E-state index is 0.0512. The average molecular weight is 454 g/mol. The second-order valence-electron chi connectivity index (χ2n) is 8.09. The minimum Gasteiger partial charge on any atom is -0.480 e. The first-order valence-corrected chi connectivity index (χ1v) is 10.2. The van der Waals surface area contributed by atoms with E-state index in [4.69, 9.17) is 9.15 Å². The highest BCUT2D eigenvalue weighted by molar-refractivity contribution is 9.10. The summed E-state index contributed by atoms with van der Waals surface area (Å²) in [5, 5.41) is 4.31. The molecule has 0 saturated carbocycles. The van der Waals surface area contributed by atoms with Gasteiger partial charge in [-0.15, -0.1) is 0 Å². The van der Waals surface area contributed by atoms with Crippen LogP contribution in [0.15, 0.2) is 15.1 Å². The number of aromatic nitrogens is 3. The van der Waals surface area contributed by atoms with Gasteiger partial charge in [0.1, 0.15) is 10.2 Å². The maximum atomic E-state index is 12.9. The summed E-state index contributed by atoms with van der Waals surface area (Å²) in [5.41, 5.74) is 0.333. The molecule has 2 aromatic rings. The van der Waals surface area contributed by atoms with Crippen LogP contribution in [0.4, 0.5) is 0 Å². The van der Waals surface area contributed by atoms with E-state index in [0.717, 1.165) is 31.2 Å². The second kappa shape index (κ2) is 8.24. The van der Waals surface area contributed by atoms with E-state index in [1.165, 1.54) is 0 Å². The first kappa shape index (κ1) is 20.9. The molecule has 0 aromatic carbocycles. The third kappa shape index (κ3) is 4.41. The van der Waals surface area contributed by atoms with Crippen LogP contribution in [-0.2, 0) is 19.0 Å². The zero-order chi connectivity index (χ0) is 20.5. The molecule has 0 atom stereocenters. The van der Waals surface area contributed by atoms with Gasteiger partial charge in [0.05, 0.1) is 19.9 Å². The molecule has 154 valence electrons. The lowest BCUT2D eigenvalue weighted by Crippen LogP contribution is -2.35. The van der Waals surface area contributed by atoms with Crippen molar-refractivity contribution in [1.82, 2.24) is 24.6 Å². The van der Waals surface area contributed by atoms with E-state index in [1.807, 2.05) is 11.1 Å². The summed E-state index contributed by atoms with van der Waals surface area (Å²) in [6.07, 6.45) is 2.70. The number of carbonyl (C=O) groups excluding carboxylic acids is 1. The number of oxazole rings is 1. The Bertz CT molecular complexity index is 839. The lowest BCUT2D eigenvalue weighted by molar-refractivity contribution is 0.0753. The molecular weight excluding hydrogens is 426 g/mol. The number of carbonyl (C=O) groups is 1. The summed E-state index contributed by atoms with van der Waals surface area (Å²) >= 11 is 3.44. The number of methoxy groups -OCH3 is 1. The maximum absolute atomic E-state index is 12.9. The molecule has 1 aliphatic rings. The SMILES string of the molecule is COc1c(Br)c(C(=O)N2CCCN(Cc3ncc(C(C)(C)C)o3)CC2)nn1C. The average Bonchev–Trinajstić information content (AvgIpc) is 3.12. The summed E-state index contributed by atoms with van der Waals surface area (Å²) < 4.78 is 13.4. The van der Waals surface area contributed by atoms with Crippen molar-refractivity contribution in [1.29, 1.82) is 0 Å². The molecule has 3 rings (SSSR count). The minimum atomic E-state index is -0.0845. The van der Waals surface area contributed by atoms with E-state index in [0.29, 0.717) is 35.7 Å². The van der Waals surface area contributed by atoms with Crippen LogP contribution < -0.4 is 4.74 Å². The van der Waals surface area contributed by atoms with E-state index in [1.54, 1.807) is 18.8 Å². The van der Waals surface area contributed by atoms with Crippen molar-refractivity contribution >= 4 is 21.8 Å². The fraction of sp³-hybridized carbons (Fsp3) is 0.632. The highest BCUT2D eigenvalue weighted by Crippen LogP contribution is 2.29. The number of amides is 1. The maximum Gasteiger partial charge on any atom is 0.275 e. The van der Waals surface area contributed by atoms with E-state index >= 15 is 0 Å². The van der Waals surface area contributed by atoms with Gasteiger partial charge in [-0.3, -0.25) is 9.69 Å². The van der Waals surface area contributed by atoms with Crippen molar-refractivity contribution < 1.29 is 13.9 Å². The van der Waals surface area contributed by atoms with Crippen molar-refractivity contribution in [2.45, 2.75) is 39.2 Å². The van der Waals surface area contributed by atoms with Crippen molar-refractivity contribution in [2.24, 2.45) is 7.05 Å². The molecule has 1 saturated heterocycles. The molecule has 0 radical (unpaired) electrons. The van der Waals surface area contributed by atoms with Crippen LogP contribution in [0.1, 0.15) is 49.3 Å². The van der Waals surface area contributed by atoms with Crippen LogP contribution in [0.5, 0.6) is 5.88 Å². The van der Waals surface area contributed by atoms with Crippen LogP contribution >= 0.6 is 15.9 Å². The highest BCUT2D eigenvalue weighted by Gasteiger charge is 2.27. The molecular formula is C19H28BrN5O3. The quantitative estimate of drug-likeness (QED) is 0.708. The summed E-state index contributed by atoms with van der Waals surface area (Å²) in [7, 11) is 3.32. The Kier molecular flexibility index (Phi) is 6.14. The smallest absolute Gasteiger partial charge is 0.275 e. The van der Waals surface area contributed by atoms with Gasteiger partial charge >= 0.3 is 0 Å². The molecule has 1 aliphatic heterocycles. The van der Waals surface area contributed by atoms with Gasteiger partial charge < -0.3 is 14.1 Å². The van der Waals surface area contributed by atoms with Crippen LogP contribution in [-0.4, -0.2) is 63.8 Å². The molecule has 0 spiro atoms. The lowest BCUT2D eigenvalue weighted by Gasteiger charge is -2.20. The van der Waals surface area contributed by atoms with Crippen LogP contribution in [0.2, 0.25) is 0 Å².